The monoisotopic (exact) mass is 492 g/mol. The van der Waals surface area contributed by atoms with Crippen LogP contribution >= 0.6 is 0 Å². The predicted octanol–water partition coefficient (Wildman–Crippen LogP) is 4.87. The summed E-state index contributed by atoms with van der Waals surface area (Å²) in [5.74, 6) is -0.428. The van der Waals surface area contributed by atoms with Crippen molar-refractivity contribution in [3.8, 4) is 0 Å². The molecule has 1 atom stereocenters. The summed E-state index contributed by atoms with van der Waals surface area (Å²) in [7, 11) is 1.61. The largest absolute Gasteiger partial charge is 0.416 e. The average Bonchev–Trinajstić information content (AvgIpc) is 3.52. The summed E-state index contributed by atoms with van der Waals surface area (Å²) in [6.45, 7) is 4.04. The Morgan fingerprint density at radius 3 is 2.60 bits per heavy atom. The van der Waals surface area contributed by atoms with Crippen molar-refractivity contribution in [3.05, 3.63) is 47.2 Å². The molecule has 35 heavy (non-hydrogen) atoms. The van der Waals surface area contributed by atoms with Crippen LogP contribution in [-0.4, -0.2) is 45.2 Å². The van der Waals surface area contributed by atoms with Crippen molar-refractivity contribution < 1.29 is 27.5 Å². The third-order valence-corrected chi connectivity index (χ3v) is 7.00. The minimum Gasteiger partial charge on any atom is -0.377 e. The van der Waals surface area contributed by atoms with Crippen LogP contribution in [0, 0.1) is 5.92 Å². The number of nitrogens with zero attached hydrogens (tertiary/aromatic N) is 3. The number of carbonyl (C=O) groups excluding carboxylic acids is 2. The van der Waals surface area contributed by atoms with Gasteiger partial charge in [0.1, 0.15) is 6.04 Å². The van der Waals surface area contributed by atoms with Gasteiger partial charge >= 0.3 is 6.18 Å². The summed E-state index contributed by atoms with van der Waals surface area (Å²) in [5.41, 5.74) is -1.34. The van der Waals surface area contributed by atoms with Crippen LogP contribution in [0.25, 0.3) is 0 Å². The number of aromatic nitrogens is 2. The van der Waals surface area contributed by atoms with E-state index in [-0.39, 0.29) is 23.6 Å². The van der Waals surface area contributed by atoms with Gasteiger partial charge in [0, 0.05) is 31.5 Å². The van der Waals surface area contributed by atoms with Gasteiger partial charge in [-0.25, -0.2) is 0 Å². The molecule has 2 amide bonds. The van der Waals surface area contributed by atoms with Crippen LogP contribution in [0.3, 0.4) is 0 Å². The SMILES string of the molecule is COC(C)(C)Cn1ccc(NC(=O)C(CC2CCCC2)N2Cc3c(cccc3C(F)(F)F)C2=O)n1. The van der Waals surface area contributed by atoms with E-state index in [2.05, 4.69) is 10.4 Å². The molecule has 10 heteroatoms. The number of methoxy groups -OCH3 is 1. The highest BCUT2D eigenvalue weighted by Crippen LogP contribution is 2.39. The zero-order chi connectivity index (χ0) is 25.4. The first-order valence-corrected chi connectivity index (χ1v) is 11.9. The van der Waals surface area contributed by atoms with Crippen molar-refractivity contribution in [3.63, 3.8) is 0 Å². The van der Waals surface area contributed by atoms with E-state index in [1.165, 1.54) is 17.0 Å². The molecule has 1 N–H and O–H groups in total. The van der Waals surface area contributed by atoms with Gasteiger partial charge in [-0.05, 0) is 43.9 Å². The van der Waals surface area contributed by atoms with Crippen LogP contribution in [0.1, 0.15) is 67.4 Å². The lowest BCUT2D eigenvalue weighted by atomic mass is 9.96. The van der Waals surface area contributed by atoms with Gasteiger partial charge in [-0.15, -0.1) is 0 Å². The van der Waals surface area contributed by atoms with Crippen molar-refractivity contribution in [2.24, 2.45) is 5.92 Å². The second-order valence-corrected chi connectivity index (χ2v) is 10.0. The first-order valence-electron chi connectivity index (χ1n) is 11.9. The van der Waals surface area contributed by atoms with Gasteiger partial charge in [-0.1, -0.05) is 31.7 Å². The zero-order valence-corrected chi connectivity index (χ0v) is 20.2. The normalized spacial score (nSPS) is 17.7. The molecular formula is C25H31F3N4O3. The van der Waals surface area contributed by atoms with Crippen LogP contribution in [0.4, 0.5) is 19.0 Å². The van der Waals surface area contributed by atoms with Gasteiger partial charge in [0.25, 0.3) is 5.91 Å². The Balaban J connectivity index is 1.57. The molecule has 2 heterocycles. The van der Waals surface area contributed by atoms with Crippen LogP contribution in [-0.2, 0) is 28.8 Å². The second-order valence-electron chi connectivity index (χ2n) is 10.0. The van der Waals surface area contributed by atoms with Crippen molar-refractivity contribution in [1.82, 2.24) is 14.7 Å². The minimum absolute atomic E-state index is 0.00937. The Labute approximate surface area is 202 Å². The molecule has 1 unspecified atom stereocenters. The lowest BCUT2D eigenvalue weighted by Crippen LogP contribution is -2.45. The number of benzene rings is 1. The molecular weight excluding hydrogens is 461 g/mol. The Hall–Kier alpha value is -2.88. The number of anilines is 1. The fourth-order valence-corrected chi connectivity index (χ4v) is 4.99. The first kappa shape index (κ1) is 25.2. The van der Waals surface area contributed by atoms with Crippen molar-refractivity contribution in [2.45, 2.75) is 76.9 Å². The average molecular weight is 493 g/mol. The molecule has 1 saturated carbocycles. The smallest absolute Gasteiger partial charge is 0.377 e. The molecule has 2 aromatic rings. The van der Waals surface area contributed by atoms with Crippen LogP contribution in [0.2, 0.25) is 0 Å². The fourth-order valence-electron chi connectivity index (χ4n) is 4.99. The number of rotatable bonds is 8. The Bertz CT molecular complexity index is 1090. The Morgan fingerprint density at radius 1 is 1.23 bits per heavy atom. The summed E-state index contributed by atoms with van der Waals surface area (Å²) in [5, 5.41) is 7.16. The van der Waals surface area contributed by atoms with E-state index in [0.29, 0.717) is 18.8 Å². The topological polar surface area (TPSA) is 76.5 Å². The molecule has 1 aliphatic heterocycles. The summed E-state index contributed by atoms with van der Waals surface area (Å²) in [4.78, 5) is 27.9. The third kappa shape index (κ3) is 5.52. The summed E-state index contributed by atoms with van der Waals surface area (Å²) >= 11 is 0. The van der Waals surface area contributed by atoms with Crippen LogP contribution in [0.5, 0.6) is 0 Å². The van der Waals surface area contributed by atoms with Crippen molar-refractivity contribution >= 4 is 17.6 Å². The van der Waals surface area contributed by atoms with Gasteiger partial charge < -0.3 is 15.0 Å². The van der Waals surface area contributed by atoms with Crippen molar-refractivity contribution in [1.29, 1.82) is 0 Å². The molecule has 0 radical (unpaired) electrons. The Morgan fingerprint density at radius 2 is 1.94 bits per heavy atom. The third-order valence-electron chi connectivity index (χ3n) is 7.00. The summed E-state index contributed by atoms with van der Waals surface area (Å²) < 4.78 is 47.8. The predicted molar refractivity (Wildman–Crippen MR) is 124 cm³/mol. The summed E-state index contributed by atoms with van der Waals surface area (Å²) in [6, 6.07) is 4.38. The van der Waals surface area contributed by atoms with E-state index >= 15 is 0 Å². The second kappa shape index (κ2) is 9.64. The minimum atomic E-state index is -4.58. The molecule has 1 aliphatic carbocycles. The van der Waals surface area contributed by atoms with E-state index in [0.717, 1.165) is 31.7 Å². The van der Waals surface area contributed by atoms with Gasteiger partial charge in [-0.2, -0.15) is 18.3 Å². The molecule has 0 spiro atoms. The first-order chi connectivity index (χ1) is 16.5. The van der Waals surface area contributed by atoms with Gasteiger partial charge in [-0.3, -0.25) is 14.3 Å². The number of amides is 2. The molecule has 0 bridgehead atoms. The highest BCUT2D eigenvalue weighted by atomic mass is 19.4. The summed E-state index contributed by atoms with van der Waals surface area (Å²) in [6.07, 6.45) is 1.52. The molecule has 1 aromatic heterocycles. The highest BCUT2D eigenvalue weighted by Gasteiger charge is 2.43. The maximum atomic E-state index is 13.6. The quantitative estimate of drug-likeness (QED) is 0.571. The van der Waals surface area contributed by atoms with Gasteiger partial charge in [0.05, 0.1) is 17.7 Å². The molecule has 4 rings (SSSR count). The van der Waals surface area contributed by atoms with E-state index in [1.807, 2.05) is 13.8 Å². The maximum absolute atomic E-state index is 13.6. The van der Waals surface area contributed by atoms with Crippen LogP contribution in [0.15, 0.2) is 30.5 Å². The number of alkyl halides is 3. The number of carbonyl (C=O) groups is 2. The number of halogens is 3. The van der Waals surface area contributed by atoms with E-state index in [1.54, 1.807) is 24.1 Å². The molecule has 1 aromatic carbocycles. The standard InChI is InChI=1S/C25H31F3N4O3/c1-24(2,35-3)15-31-12-11-21(30-31)29-22(33)20(13-16-7-4-5-8-16)32-14-18-17(23(32)34)9-6-10-19(18)25(26,27)28/h6,9-12,16,20H,4-5,7-8,13-15H2,1-3H3,(H,29,30,33). The number of nitrogens with one attached hydrogen (secondary N) is 1. The number of fused-ring (bicyclic) bond motifs is 1. The van der Waals surface area contributed by atoms with Crippen LogP contribution < -0.4 is 5.32 Å². The number of hydrogen-bond donors (Lipinski definition) is 1. The fraction of sp³-hybridized carbons (Fsp3) is 0.560. The van der Waals surface area contributed by atoms with Crippen molar-refractivity contribution in [2.75, 3.05) is 12.4 Å². The zero-order valence-electron chi connectivity index (χ0n) is 20.2. The van der Waals surface area contributed by atoms with Gasteiger partial charge in [0.15, 0.2) is 5.82 Å². The molecule has 190 valence electrons. The van der Waals surface area contributed by atoms with Gasteiger partial charge in [0.2, 0.25) is 5.91 Å². The molecule has 0 saturated heterocycles. The van der Waals surface area contributed by atoms with E-state index < -0.39 is 35.2 Å². The lowest BCUT2D eigenvalue weighted by molar-refractivity contribution is -0.138. The Kier molecular flexibility index (Phi) is 6.95. The molecule has 1 fully saturated rings. The molecule has 7 nitrogen and oxygen atoms in total. The molecule has 2 aliphatic rings. The highest BCUT2D eigenvalue weighted by molar-refractivity contribution is 6.03. The van der Waals surface area contributed by atoms with E-state index in [4.69, 9.17) is 4.74 Å². The number of ether oxygens (including phenoxy) is 1. The lowest BCUT2D eigenvalue weighted by Gasteiger charge is -2.29. The number of hydrogen-bond acceptors (Lipinski definition) is 4. The maximum Gasteiger partial charge on any atom is 0.416 e. The van der Waals surface area contributed by atoms with E-state index in [9.17, 15) is 22.8 Å².